The summed E-state index contributed by atoms with van der Waals surface area (Å²) in [6.07, 6.45) is 0.977. The van der Waals surface area contributed by atoms with Crippen molar-refractivity contribution in [1.29, 1.82) is 0 Å². The number of guanidine groups is 1. The molecule has 2 rings (SSSR count). The number of hydrogen-bond donors (Lipinski definition) is 1. The van der Waals surface area contributed by atoms with Gasteiger partial charge in [-0.05, 0) is 6.42 Å². The average Bonchev–Trinajstić information content (AvgIpc) is 3.03. The Labute approximate surface area is 142 Å². The minimum atomic E-state index is 0.0661. The second kappa shape index (κ2) is 8.29. The maximum Gasteiger partial charge on any atom is 0.225 e. The number of nitrogens with one attached hydrogen (secondary N) is 1. The van der Waals surface area contributed by atoms with Crippen molar-refractivity contribution in [3.63, 3.8) is 0 Å². The Balaban J connectivity index is 1.84. The van der Waals surface area contributed by atoms with Crippen molar-refractivity contribution >= 4 is 23.2 Å². The lowest BCUT2D eigenvalue weighted by Gasteiger charge is -2.37. The molecule has 0 saturated carbocycles. The van der Waals surface area contributed by atoms with E-state index in [1.807, 2.05) is 18.7 Å². The number of carbonyl (C=O) groups excluding carboxylic acids is 1. The molecule has 1 fully saturated rings. The summed E-state index contributed by atoms with van der Waals surface area (Å²) >= 11 is 1.70. The van der Waals surface area contributed by atoms with E-state index < -0.39 is 0 Å². The van der Waals surface area contributed by atoms with Gasteiger partial charge in [-0.3, -0.25) is 9.79 Å². The highest BCUT2D eigenvalue weighted by Gasteiger charge is 2.24. The van der Waals surface area contributed by atoms with Gasteiger partial charge in [0.15, 0.2) is 5.96 Å². The summed E-state index contributed by atoms with van der Waals surface area (Å²) in [6, 6.07) is 0. The first kappa shape index (κ1) is 17.7. The summed E-state index contributed by atoms with van der Waals surface area (Å²) in [5.41, 5.74) is 1.06. The fraction of sp³-hybridized carbons (Fsp3) is 0.688. The van der Waals surface area contributed by atoms with Crippen LogP contribution < -0.4 is 5.32 Å². The van der Waals surface area contributed by atoms with Crippen LogP contribution in [-0.2, 0) is 17.8 Å². The van der Waals surface area contributed by atoms with Crippen molar-refractivity contribution < 1.29 is 4.79 Å². The van der Waals surface area contributed by atoms with Gasteiger partial charge in [0.25, 0.3) is 0 Å². The van der Waals surface area contributed by atoms with E-state index in [2.05, 4.69) is 32.5 Å². The van der Waals surface area contributed by atoms with E-state index in [-0.39, 0.29) is 11.8 Å². The zero-order chi connectivity index (χ0) is 16.8. The molecule has 0 aromatic carbocycles. The molecule has 0 atom stereocenters. The lowest BCUT2D eigenvalue weighted by molar-refractivity contribution is -0.135. The van der Waals surface area contributed by atoms with E-state index in [0.29, 0.717) is 6.54 Å². The molecule has 1 amide bonds. The number of amides is 1. The van der Waals surface area contributed by atoms with Crippen LogP contribution in [0.1, 0.15) is 31.5 Å². The quantitative estimate of drug-likeness (QED) is 0.669. The molecular weight excluding hydrogens is 310 g/mol. The van der Waals surface area contributed by atoms with Gasteiger partial charge in [0.1, 0.15) is 0 Å². The van der Waals surface area contributed by atoms with Gasteiger partial charge >= 0.3 is 0 Å². The molecule has 1 aliphatic rings. The number of aliphatic imine (C=N–C) groups is 1. The molecule has 7 heteroatoms. The van der Waals surface area contributed by atoms with E-state index in [0.717, 1.165) is 49.3 Å². The number of nitrogens with zero attached hydrogens (tertiary/aromatic N) is 4. The number of piperazine rings is 1. The standard InChI is InChI=1S/C16H27N5OS/c1-5-14-19-13(11-23-14)10-18-16(17-4)21-8-6-20(7-9-21)15(22)12(2)3/h11-12H,5-10H2,1-4H3,(H,17,18). The lowest BCUT2D eigenvalue weighted by atomic mass is 10.1. The number of thiazole rings is 1. The minimum Gasteiger partial charge on any atom is -0.351 e. The third-order valence-electron chi connectivity index (χ3n) is 3.93. The zero-order valence-electron chi connectivity index (χ0n) is 14.5. The molecule has 1 N–H and O–H groups in total. The van der Waals surface area contributed by atoms with E-state index in [9.17, 15) is 4.79 Å². The molecule has 0 spiro atoms. The van der Waals surface area contributed by atoms with Gasteiger partial charge in [0.2, 0.25) is 5.91 Å². The van der Waals surface area contributed by atoms with Crippen molar-refractivity contribution in [3.05, 3.63) is 16.1 Å². The fourth-order valence-electron chi connectivity index (χ4n) is 2.60. The van der Waals surface area contributed by atoms with Crippen LogP contribution in [-0.4, -0.2) is 59.9 Å². The van der Waals surface area contributed by atoms with Crippen LogP contribution >= 0.6 is 11.3 Å². The smallest absolute Gasteiger partial charge is 0.225 e. The summed E-state index contributed by atoms with van der Waals surface area (Å²) in [5, 5.41) is 6.64. The van der Waals surface area contributed by atoms with Gasteiger partial charge < -0.3 is 15.1 Å². The Kier molecular flexibility index (Phi) is 6.38. The molecule has 0 aliphatic carbocycles. The largest absolute Gasteiger partial charge is 0.351 e. The second-order valence-corrected chi connectivity index (χ2v) is 6.90. The molecule has 0 bridgehead atoms. The molecule has 128 valence electrons. The highest BCUT2D eigenvalue weighted by Crippen LogP contribution is 2.11. The minimum absolute atomic E-state index is 0.0661. The van der Waals surface area contributed by atoms with Crippen LogP contribution in [0.15, 0.2) is 10.4 Å². The molecule has 0 radical (unpaired) electrons. The molecule has 2 heterocycles. The average molecular weight is 337 g/mol. The Morgan fingerprint density at radius 3 is 2.52 bits per heavy atom. The Morgan fingerprint density at radius 2 is 2.00 bits per heavy atom. The third-order valence-corrected chi connectivity index (χ3v) is 4.97. The van der Waals surface area contributed by atoms with E-state index in [4.69, 9.17) is 0 Å². The van der Waals surface area contributed by atoms with Gasteiger partial charge in [-0.1, -0.05) is 20.8 Å². The Morgan fingerprint density at radius 1 is 1.35 bits per heavy atom. The first-order chi connectivity index (χ1) is 11.0. The summed E-state index contributed by atoms with van der Waals surface area (Å²) < 4.78 is 0. The summed E-state index contributed by atoms with van der Waals surface area (Å²) in [5.74, 6) is 1.19. The molecule has 23 heavy (non-hydrogen) atoms. The van der Waals surface area contributed by atoms with Crippen molar-refractivity contribution in [2.75, 3.05) is 33.2 Å². The van der Waals surface area contributed by atoms with E-state index in [1.54, 1.807) is 18.4 Å². The van der Waals surface area contributed by atoms with Crippen LogP contribution in [0.3, 0.4) is 0 Å². The predicted octanol–water partition coefficient (Wildman–Crippen LogP) is 1.58. The Bertz CT molecular complexity index is 546. The van der Waals surface area contributed by atoms with Gasteiger partial charge in [0, 0.05) is 44.5 Å². The topological polar surface area (TPSA) is 60.8 Å². The predicted molar refractivity (Wildman–Crippen MR) is 94.7 cm³/mol. The van der Waals surface area contributed by atoms with Crippen molar-refractivity contribution in [2.45, 2.75) is 33.7 Å². The number of carbonyl (C=O) groups is 1. The van der Waals surface area contributed by atoms with E-state index >= 15 is 0 Å². The van der Waals surface area contributed by atoms with Crippen molar-refractivity contribution in [2.24, 2.45) is 10.9 Å². The third kappa shape index (κ3) is 4.67. The highest BCUT2D eigenvalue weighted by molar-refractivity contribution is 7.09. The summed E-state index contributed by atoms with van der Waals surface area (Å²) in [6.45, 7) is 9.86. The van der Waals surface area contributed by atoms with Gasteiger partial charge in [0.05, 0.1) is 17.2 Å². The highest BCUT2D eigenvalue weighted by atomic mass is 32.1. The van der Waals surface area contributed by atoms with Gasteiger partial charge in [-0.15, -0.1) is 11.3 Å². The first-order valence-electron chi connectivity index (χ1n) is 8.22. The molecule has 0 unspecified atom stereocenters. The monoisotopic (exact) mass is 337 g/mol. The molecule has 1 aliphatic heterocycles. The Hall–Kier alpha value is -1.63. The van der Waals surface area contributed by atoms with Crippen LogP contribution in [0.5, 0.6) is 0 Å². The summed E-state index contributed by atoms with van der Waals surface area (Å²) in [4.78, 5) is 25.1. The van der Waals surface area contributed by atoms with Crippen LogP contribution in [0.2, 0.25) is 0 Å². The molecule has 1 aromatic heterocycles. The number of aryl methyl sites for hydroxylation is 1. The SMILES string of the molecule is CCc1nc(CNC(=NC)N2CCN(C(=O)C(C)C)CC2)cs1. The van der Waals surface area contributed by atoms with Crippen LogP contribution in [0, 0.1) is 5.92 Å². The molecular formula is C16H27N5OS. The zero-order valence-corrected chi connectivity index (χ0v) is 15.3. The summed E-state index contributed by atoms with van der Waals surface area (Å²) in [7, 11) is 1.80. The number of hydrogen-bond acceptors (Lipinski definition) is 4. The fourth-order valence-corrected chi connectivity index (χ4v) is 3.34. The maximum atomic E-state index is 12.0. The second-order valence-electron chi connectivity index (χ2n) is 5.95. The van der Waals surface area contributed by atoms with Crippen molar-refractivity contribution in [1.82, 2.24) is 20.1 Å². The van der Waals surface area contributed by atoms with Crippen LogP contribution in [0.4, 0.5) is 0 Å². The van der Waals surface area contributed by atoms with Gasteiger partial charge in [-0.2, -0.15) is 0 Å². The molecule has 6 nitrogen and oxygen atoms in total. The van der Waals surface area contributed by atoms with Crippen LogP contribution in [0.25, 0.3) is 0 Å². The molecule has 1 saturated heterocycles. The number of aromatic nitrogens is 1. The lowest BCUT2D eigenvalue weighted by Crippen LogP contribution is -2.54. The van der Waals surface area contributed by atoms with Crippen molar-refractivity contribution in [3.8, 4) is 0 Å². The van der Waals surface area contributed by atoms with Gasteiger partial charge in [-0.25, -0.2) is 4.98 Å². The normalized spacial score (nSPS) is 16.1. The van der Waals surface area contributed by atoms with E-state index in [1.165, 1.54) is 0 Å². The first-order valence-corrected chi connectivity index (χ1v) is 9.10. The number of rotatable bonds is 4. The molecule has 1 aromatic rings. The maximum absolute atomic E-state index is 12.0.